The summed E-state index contributed by atoms with van der Waals surface area (Å²) in [5, 5.41) is 10.3. The van der Waals surface area contributed by atoms with Gasteiger partial charge in [-0.05, 0) is 36.1 Å². The van der Waals surface area contributed by atoms with Crippen molar-refractivity contribution in [3.63, 3.8) is 0 Å². The van der Waals surface area contributed by atoms with E-state index in [1.54, 1.807) is 6.92 Å². The molecule has 0 saturated heterocycles. The summed E-state index contributed by atoms with van der Waals surface area (Å²) in [7, 11) is 0. The molecule has 5 heteroatoms. The lowest BCUT2D eigenvalue weighted by Gasteiger charge is -2.29. The van der Waals surface area contributed by atoms with Crippen molar-refractivity contribution in [2.75, 3.05) is 11.7 Å². The minimum atomic E-state index is -0.601. The Morgan fingerprint density at radius 3 is 2.46 bits per heavy atom. The van der Waals surface area contributed by atoms with Crippen molar-refractivity contribution >= 4 is 18.1 Å². The van der Waals surface area contributed by atoms with Crippen LogP contribution >= 0.6 is 12.4 Å². The van der Waals surface area contributed by atoms with Crippen molar-refractivity contribution in [2.45, 2.75) is 39.5 Å². The van der Waals surface area contributed by atoms with E-state index < -0.39 is 6.23 Å². The van der Waals surface area contributed by atoms with Gasteiger partial charge in [-0.15, -0.1) is 12.4 Å². The van der Waals surface area contributed by atoms with Crippen LogP contribution in [0.25, 0.3) is 0 Å². The van der Waals surface area contributed by atoms with Crippen LogP contribution in [0, 0.1) is 0 Å². The maximum absolute atomic E-state index is 10.3. The van der Waals surface area contributed by atoms with Crippen LogP contribution in [0.5, 0.6) is 11.5 Å². The Balaban J connectivity index is 0.00000208. The Bertz CT molecular complexity index is 688. The minimum Gasteiger partial charge on any atom is -0.454 e. The quantitative estimate of drug-likeness (QED) is 0.817. The van der Waals surface area contributed by atoms with Gasteiger partial charge in [0.25, 0.3) is 0 Å². The zero-order valence-corrected chi connectivity index (χ0v) is 15.0. The number of benzene rings is 2. The number of anilines is 1. The second kappa shape index (κ2) is 7.77. The molecule has 1 N–H and O–H groups in total. The second-order valence-corrected chi connectivity index (χ2v) is 6.15. The zero-order chi connectivity index (χ0) is 16.4. The van der Waals surface area contributed by atoms with Crippen molar-refractivity contribution in [3.05, 3.63) is 53.6 Å². The van der Waals surface area contributed by atoms with E-state index >= 15 is 0 Å². The Morgan fingerprint density at radius 1 is 1.04 bits per heavy atom. The topological polar surface area (TPSA) is 41.9 Å². The van der Waals surface area contributed by atoms with Gasteiger partial charge >= 0.3 is 0 Å². The van der Waals surface area contributed by atoms with Crippen LogP contribution in [-0.2, 0) is 6.54 Å². The molecule has 1 aliphatic heterocycles. The lowest BCUT2D eigenvalue weighted by Crippen LogP contribution is -2.32. The molecule has 1 unspecified atom stereocenters. The predicted molar refractivity (Wildman–Crippen MR) is 98.2 cm³/mol. The molecule has 0 aliphatic carbocycles. The molecule has 1 heterocycles. The van der Waals surface area contributed by atoms with E-state index in [0.29, 0.717) is 12.5 Å². The molecule has 24 heavy (non-hydrogen) atoms. The molecule has 1 aliphatic rings. The highest BCUT2D eigenvalue weighted by Gasteiger charge is 2.19. The zero-order valence-electron chi connectivity index (χ0n) is 14.2. The van der Waals surface area contributed by atoms with Gasteiger partial charge in [0.15, 0.2) is 11.5 Å². The van der Waals surface area contributed by atoms with Crippen molar-refractivity contribution in [1.29, 1.82) is 0 Å². The summed E-state index contributed by atoms with van der Waals surface area (Å²) in [4.78, 5) is 1.96. The standard InChI is InChI=1S/C19H23NO3.ClH/c1-13(2)17-7-5-4-6-15(17)11-20(14(3)21)16-8-9-18-19(10-16)23-12-22-18;/h4-10,13-14,21H,11-12H2,1-3H3;1H. The molecule has 3 rings (SSSR count). The average molecular weight is 350 g/mol. The first-order valence-corrected chi connectivity index (χ1v) is 7.98. The minimum absolute atomic E-state index is 0. The van der Waals surface area contributed by atoms with E-state index in [1.807, 2.05) is 29.2 Å². The second-order valence-electron chi connectivity index (χ2n) is 6.15. The van der Waals surface area contributed by atoms with Crippen molar-refractivity contribution in [3.8, 4) is 11.5 Å². The third kappa shape index (κ3) is 3.77. The Kier molecular flexibility index (Phi) is 5.97. The maximum atomic E-state index is 10.3. The fourth-order valence-electron chi connectivity index (χ4n) is 2.93. The molecule has 0 saturated carbocycles. The molecule has 2 aromatic rings. The van der Waals surface area contributed by atoms with Crippen molar-refractivity contribution < 1.29 is 14.6 Å². The average Bonchev–Trinajstić information content (AvgIpc) is 3.00. The summed E-state index contributed by atoms with van der Waals surface area (Å²) >= 11 is 0. The first kappa shape index (κ1) is 18.4. The third-order valence-electron chi connectivity index (χ3n) is 4.16. The molecule has 2 aromatic carbocycles. The summed E-state index contributed by atoms with van der Waals surface area (Å²) in [5.41, 5.74) is 3.45. The molecule has 1 atom stereocenters. The summed E-state index contributed by atoms with van der Waals surface area (Å²) < 4.78 is 10.8. The highest BCUT2D eigenvalue weighted by Crippen LogP contribution is 2.36. The molecule has 0 amide bonds. The number of fused-ring (bicyclic) bond motifs is 1. The first-order chi connectivity index (χ1) is 11.1. The van der Waals surface area contributed by atoms with E-state index in [0.717, 1.165) is 17.2 Å². The number of ether oxygens (including phenoxy) is 2. The Morgan fingerprint density at radius 2 is 1.75 bits per heavy atom. The number of hydrogen-bond donors (Lipinski definition) is 1. The highest BCUT2D eigenvalue weighted by molar-refractivity contribution is 5.85. The molecule has 0 bridgehead atoms. The van der Waals surface area contributed by atoms with Crippen LogP contribution in [0.15, 0.2) is 42.5 Å². The van der Waals surface area contributed by atoms with Crippen molar-refractivity contribution in [2.24, 2.45) is 0 Å². The van der Waals surface area contributed by atoms with Gasteiger partial charge < -0.3 is 19.5 Å². The fraction of sp³-hybridized carbons (Fsp3) is 0.368. The molecule has 130 valence electrons. The monoisotopic (exact) mass is 349 g/mol. The first-order valence-electron chi connectivity index (χ1n) is 7.98. The van der Waals surface area contributed by atoms with Crippen LogP contribution in [-0.4, -0.2) is 18.1 Å². The van der Waals surface area contributed by atoms with Crippen LogP contribution < -0.4 is 14.4 Å². The highest BCUT2D eigenvalue weighted by atomic mass is 35.5. The van der Waals surface area contributed by atoms with Crippen LogP contribution in [0.4, 0.5) is 5.69 Å². The largest absolute Gasteiger partial charge is 0.454 e. The number of halogens is 1. The number of nitrogens with zero attached hydrogens (tertiary/aromatic N) is 1. The van der Waals surface area contributed by atoms with Gasteiger partial charge in [0.2, 0.25) is 6.79 Å². The summed E-state index contributed by atoms with van der Waals surface area (Å²) in [6, 6.07) is 14.2. The number of aliphatic hydroxyl groups is 1. The molecule has 4 nitrogen and oxygen atoms in total. The van der Waals surface area contributed by atoms with E-state index in [1.165, 1.54) is 11.1 Å². The lowest BCUT2D eigenvalue weighted by molar-refractivity contribution is 0.174. The van der Waals surface area contributed by atoms with Crippen molar-refractivity contribution in [1.82, 2.24) is 0 Å². The van der Waals surface area contributed by atoms with Gasteiger partial charge in [-0.3, -0.25) is 0 Å². The summed E-state index contributed by atoms with van der Waals surface area (Å²) in [6.07, 6.45) is -0.601. The van der Waals surface area contributed by atoms with E-state index in [-0.39, 0.29) is 19.2 Å². The third-order valence-corrected chi connectivity index (χ3v) is 4.16. The fourth-order valence-corrected chi connectivity index (χ4v) is 2.93. The van der Waals surface area contributed by atoms with Gasteiger partial charge in [-0.2, -0.15) is 0 Å². The molecule has 0 spiro atoms. The van der Waals surface area contributed by atoms with Crippen LogP contribution in [0.1, 0.15) is 37.8 Å². The van der Waals surface area contributed by atoms with E-state index in [4.69, 9.17) is 9.47 Å². The number of hydrogen-bond acceptors (Lipinski definition) is 4. The molecular weight excluding hydrogens is 326 g/mol. The van der Waals surface area contributed by atoms with E-state index in [9.17, 15) is 5.11 Å². The van der Waals surface area contributed by atoms with Gasteiger partial charge in [0.1, 0.15) is 6.23 Å². The maximum Gasteiger partial charge on any atom is 0.231 e. The predicted octanol–water partition coefficient (Wildman–Crippen LogP) is 4.31. The Labute approximate surface area is 149 Å². The summed E-state index contributed by atoms with van der Waals surface area (Å²) in [5.74, 6) is 1.92. The van der Waals surface area contributed by atoms with Gasteiger partial charge in [-0.25, -0.2) is 0 Å². The SMILES string of the molecule is CC(C)c1ccccc1CN(c1ccc2c(c1)OCO2)C(C)O.Cl. The van der Waals surface area contributed by atoms with Crippen LogP contribution in [0.3, 0.4) is 0 Å². The molecule has 0 aromatic heterocycles. The van der Waals surface area contributed by atoms with Gasteiger partial charge in [0.05, 0.1) is 0 Å². The summed E-state index contributed by atoms with van der Waals surface area (Å²) in [6.45, 7) is 7.05. The number of rotatable bonds is 5. The Hall–Kier alpha value is -1.91. The van der Waals surface area contributed by atoms with Crippen LogP contribution in [0.2, 0.25) is 0 Å². The number of aliphatic hydroxyl groups excluding tert-OH is 1. The lowest BCUT2D eigenvalue weighted by atomic mass is 9.97. The van der Waals surface area contributed by atoms with Gasteiger partial charge in [-0.1, -0.05) is 38.1 Å². The van der Waals surface area contributed by atoms with Gasteiger partial charge in [0, 0.05) is 18.3 Å². The molecule has 0 radical (unpaired) electrons. The molecule has 0 fully saturated rings. The smallest absolute Gasteiger partial charge is 0.231 e. The normalized spacial score (nSPS) is 13.5. The van der Waals surface area contributed by atoms with E-state index in [2.05, 4.69) is 32.0 Å². The molecular formula is C19H24ClNO3.